The lowest BCUT2D eigenvalue weighted by atomic mass is 10.1. The van der Waals surface area contributed by atoms with Gasteiger partial charge in [0, 0.05) is 16.3 Å². The Hall–Kier alpha value is -2.66. The molecule has 1 aliphatic rings. The number of carbonyl (C=O) groups excluding carboxylic acids is 1. The van der Waals surface area contributed by atoms with Crippen molar-refractivity contribution in [1.82, 2.24) is 9.89 Å². The van der Waals surface area contributed by atoms with E-state index in [0.717, 1.165) is 34.3 Å². The Morgan fingerprint density at radius 1 is 1.12 bits per heavy atom. The number of benzene rings is 2. The molecule has 3 aromatic rings. The van der Waals surface area contributed by atoms with Crippen LogP contribution in [-0.2, 0) is 11.2 Å². The van der Waals surface area contributed by atoms with Crippen LogP contribution in [0.4, 0.5) is 0 Å². The molecule has 1 aromatic heterocycles. The van der Waals surface area contributed by atoms with Gasteiger partial charge in [0.05, 0.1) is 17.5 Å². The van der Waals surface area contributed by atoms with Crippen LogP contribution in [0.15, 0.2) is 53.3 Å². The summed E-state index contributed by atoms with van der Waals surface area (Å²) in [5, 5.41) is 6.47. The van der Waals surface area contributed by atoms with Crippen molar-refractivity contribution >= 4 is 28.3 Å². The van der Waals surface area contributed by atoms with Crippen LogP contribution in [0.25, 0.3) is 10.8 Å². The number of hydrogen-bond donors (Lipinski definition) is 1. The molecule has 1 amide bonds. The Morgan fingerprint density at radius 2 is 1.80 bits per heavy atom. The van der Waals surface area contributed by atoms with Crippen LogP contribution >= 0.6 is 11.6 Å². The minimum absolute atomic E-state index is 0.150. The smallest absolute Gasteiger partial charge is 0.273 e. The third-order valence-corrected chi connectivity index (χ3v) is 4.56. The molecule has 1 fully saturated rings. The first kappa shape index (κ1) is 15.8. The van der Waals surface area contributed by atoms with Crippen LogP contribution in [0.3, 0.4) is 0 Å². The third kappa shape index (κ3) is 3.28. The summed E-state index contributed by atoms with van der Waals surface area (Å²) >= 11 is 5.85. The normalized spacial score (nSPS) is 13.8. The van der Waals surface area contributed by atoms with Crippen molar-refractivity contribution in [3.05, 3.63) is 75.2 Å². The molecule has 1 saturated carbocycles. The molecule has 0 radical (unpaired) electrons. The van der Waals surface area contributed by atoms with E-state index in [4.69, 9.17) is 11.6 Å². The predicted octanol–water partition coefficient (Wildman–Crippen LogP) is 3.24. The fourth-order valence-electron chi connectivity index (χ4n) is 2.89. The maximum absolute atomic E-state index is 12.6. The molecule has 0 bridgehead atoms. The van der Waals surface area contributed by atoms with E-state index < -0.39 is 0 Å². The van der Waals surface area contributed by atoms with Crippen LogP contribution in [0.5, 0.6) is 0 Å². The summed E-state index contributed by atoms with van der Waals surface area (Å²) in [5.74, 6) is 0.0684. The van der Waals surface area contributed by atoms with E-state index in [1.807, 2.05) is 18.2 Å². The average molecular weight is 354 g/mol. The van der Waals surface area contributed by atoms with Gasteiger partial charge in [0.2, 0.25) is 5.91 Å². The van der Waals surface area contributed by atoms with Crippen molar-refractivity contribution in [3.8, 4) is 0 Å². The van der Waals surface area contributed by atoms with Gasteiger partial charge >= 0.3 is 0 Å². The van der Waals surface area contributed by atoms with Gasteiger partial charge in [-0.15, -0.1) is 4.79 Å². The van der Waals surface area contributed by atoms with Gasteiger partial charge < -0.3 is 0 Å². The van der Waals surface area contributed by atoms with E-state index >= 15 is 0 Å². The second-order valence-electron chi connectivity index (χ2n) is 6.26. The summed E-state index contributed by atoms with van der Waals surface area (Å²) in [6.07, 6.45) is 2.28. The van der Waals surface area contributed by atoms with Gasteiger partial charge in [0.25, 0.3) is 5.56 Å². The van der Waals surface area contributed by atoms with Crippen molar-refractivity contribution in [3.63, 3.8) is 0 Å². The lowest BCUT2D eigenvalue weighted by Crippen LogP contribution is -2.36. The molecule has 1 aliphatic carbocycles. The van der Waals surface area contributed by atoms with Crippen LogP contribution < -0.4 is 11.0 Å². The predicted molar refractivity (Wildman–Crippen MR) is 97.5 cm³/mol. The molecule has 25 heavy (non-hydrogen) atoms. The number of amides is 1. The zero-order valence-electron chi connectivity index (χ0n) is 13.4. The Labute approximate surface area is 149 Å². The average Bonchev–Trinajstić information content (AvgIpc) is 3.44. The van der Waals surface area contributed by atoms with Crippen molar-refractivity contribution in [2.45, 2.75) is 25.2 Å². The fourth-order valence-corrected chi connectivity index (χ4v) is 3.02. The van der Waals surface area contributed by atoms with Crippen molar-refractivity contribution in [1.29, 1.82) is 0 Å². The van der Waals surface area contributed by atoms with Crippen LogP contribution in [0.1, 0.15) is 30.0 Å². The zero-order chi connectivity index (χ0) is 17.4. The Morgan fingerprint density at radius 3 is 2.48 bits per heavy atom. The van der Waals surface area contributed by atoms with E-state index in [0.29, 0.717) is 16.3 Å². The first-order valence-corrected chi connectivity index (χ1v) is 8.56. The van der Waals surface area contributed by atoms with Gasteiger partial charge in [-0.3, -0.25) is 9.59 Å². The number of aromatic nitrogens is 2. The molecule has 2 aromatic carbocycles. The summed E-state index contributed by atoms with van der Waals surface area (Å²) in [6, 6.07) is 14.4. The molecule has 1 heterocycles. The molecule has 0 atom stereocenters. The number of halogens is 1. The summed E-state index contributed by atoms with van der Waals surface area (Å²) in [5.41, 5.74) is 3.99. The standard InChI is InChI=1S/C19H16ClN3O2/c20-14-9-5-12(6-10-14)11-17(24)21-23-19(25)16-4-2-1-3-15(16)18(22-23)13-7-8-13/h1-6,9-10,13H,7-8,11H2,(H,21,24). The third-order valence-electron chi connectivity index (χ3n) is 4.31. The van der Waals surface area contributed by atoms with Gasteiger partial charge in [0.15, 0.2) is 0 Å². The van der Waals surface area contributed by atoms with Crippen LogP contribution in [0, 0.1) is 0 Å². The Bertz CT molecular complexity index is 1010. The molecule has 4 rings (SSSR count). The minimum Gasteiger partial charge on any atom is -0.273 e. The highest BCUT2D eigenvalue weighted by atomic mass is 35.5. The van der Waals surface area contributed by atoms with E-state index in [-0.39, 0.29) is 17.9 Å². The zero-order valence-corrected chi connectivity index (χ0v) is 14.2. The molecule has 0 spiro atoms. The molecule has 126 valence electrons. The maximum atomic E-state index is 12.6. The number of nitrogens with zero attached hydrogens (tertiary/aromatic N) is 2. The lowest BCUT2D eigenvalue weighted by Gasteiger charge is -2.11. The monoisotopic (exact) mass is 353 g/mol. The molecular weight excluding hydrogens is 338 g/mol. The van der Waals surface area contributed by atoms with E-state index in [9.17, 15) is 9.59 Å². The number of hydrogen-bond acceptors (Lipinski definition) is 3. The SMILES string of the molecule is O=C(Cc1ccc(Cl)cc1)Nn1nc(C2CC2)c2ccccc2c1=O. The Balaban J connectivity index is 1.64. The van der Waals surface area contributed by atoms with E-state index in [1.165, 1.54) is 0 Å². The molecule has 5 nitrogen and oxygen atoms in total. The second kappa shape index (κ2) is 6.33. The molecule has 1 N–H and O–H groups in total. The quantitative estimate of drug-likeness (QED) is 0.783. The van der Waals surface area contributed by atoms with Gasteiger partial charge in [-0.05, 0) is 36.6 Å². The molecule has 0 saturated heterocycles. The molecule has 0 unspecified atom stereocenters. The summed E-state index contributed by atoms with van der Waals surface area (Å²) in [4.78, 5) is 26.0. The highest BCUT2D eigenvalue weighted by Crippen LogP contribution is 2.41. The van der Waals surface area contributed by atoms with E-state index in [2.05, 4.69) is 10.5 Å². The van der Waals surface area contributed by atoms with Crippen molar-refractivity contribution in [2.24, 2.45) is 0 Å². The second-order valence-corrected chi connectivity index (χ2v) is 6.70. The van der Waals surface area contributed by atoms with Gasteiger partial charge in [0.1, 0.15) is 0 Å². The first-order chi connectivity index (χ1) is 12.1. The summed E-state index contributed by atoms with van der Waals surface area (Å²) in [6.45, 7) is 0. The van der Waals surface area contributed by atoms with Crippen molar-refractivity contribution in [2.75, 3.05) is 5.43 Å². The highest BCUT2D eigenvalue weighted by molar-refractivity contribution is 6.30. The molecular formula is C19H16ClN3O2. The molecule has 6 heteroatoms. The first-order valence-electron chi connectivity index (χ1n) is 8.18. The van der Waals surface area contributed by atoms with Crippen molar-refractivity contribution < 1.29 is 4.79 Å². The van der Waals surface area contributed by atoms with Crippen LogP contribution in [0.2, 0.25) is 5.02 Å². The van der Waals surface area contributed by atoms with E-state index in [1.54, 1.807) is 30.3 Å². The maximum Gasteiger partial charge on any atom is 0.294 e. The molecule has 0 aliphatic heterocycles. The summed E-state index contributed by atoms with van der Waals surface area (Å²) in [7, 11) is 0. The van der Waals surface area contributed by atoms with Gasteiger partial charge in [-0.25, -0.2) is 5.43 Å². The Kier molecular flexibility index (Phi) is 4.01. The summed E-state index contributed by atoms with van der Waals surface area (Å²) < 4.78 is 0. The largest absolute Gasteiger partial charge is 0.294 e. The van der Waals surface area contributed by atoms with Gasteiger partial charge in [-0.1, -0.05) is 41.9 Å². The lowest BCUT2D eigenvalue weighted by molar-refractivity contribution is -0.116. The number of fused-ring (bicyclic) bond motifs is 1. The fraction of sp³-hybridized carbons (Fsp3) is 0.211. The topological polar surface area (TPSA) is 64.0 Å². The highest BCUT2D eigenvalue weighted by Gasteiger charge is 2.28. The number of carbonyl (C=O) groups is 1. The minimum atomic E-state index is -0.315. The number of nitrogens with one attached hydrogen (secondary N) is 1. The van der Waals surface area contributed by atoms with Crippen LogP contribution in [-0.4, -0.2) is 15.8 Å². The number of rotatable bonds is 4. The van der Waals surface area contributed by atoms with Gasteiger partial charge in [-0.2, -0.15) is 5.10 Å².